The zero-order valence-electron chi connectivity index (χ0n) is 32.8. The number of aromatic nitrogens is 3. The number of nitrogens with zero attached hydrogens (tertiary/aromatic N) is 3. The van der Waals surface area contributed by atoms with Crippen LogP contribution in [0, 0.1) is 5.92 Å². The largest absolute Gasteiger partial charge is 0.507 e. The Kier molecular flexibility index (Phi) is 9.38. The molecule has 49 heavy (non-hydrogen) atoms. The van der Waals surface area contributed by atoms with Crippen molar-refractivity contribution in [1.29, 1.82) is 0 Å². The molecule has 0 atom stereocenters. The summed E-state index contributed by atoms with van der Waals surface area (Å²) in [5.41, 5.74) is 11.6. The van der Waals surface area contributed by atoms with Crippen LogP contribution in [0.25, 0.3) is 44.8 Å². The summed E-state index contributed by atoms with van der Waals surface area (Å²) in [5.74, 6) is 1.68. The van der Waals surface area contributed by atoms with Gasteiger partial charge in [0, 0.05) is 29.9 Å². The van der Waals surface area contributed by atoms with Crippen LogP contribution in [0.2, 0.25) is 19.6 Å². The van der Waals surface area contributed by atoms with Crippen LogP contribution in [-0.2, 0) is 29.7 Å². The van der Waals surface area contributed by atoms with E-state index in [9.17, 15) is 5.11 Å². The summed E-state index contributed by atoms with van der Waals surface area (Å²) >= 11 is 0. The predicted molar refractivity (Wildman–Crippen MR) is 214 cm³/mol. The van der Waals surface area contributed by atoms with Crippen molar-refractivity contribution < 1.29 is 5.11 Å². The van der Waals surface area contributed by atoms with Crippen LogP contribution >= 0.6 is 0 Å². The molecular weight excluding hydrogens is 615 g/mol. The van der Waals surface area contributed by atoms with Crippen molar-refractivity contribution in [2.24, 2.45) is 13.0 Å². The summed E-state index contributed by atoms with van der Waals surface area (Å²) in [7, 11) is 0.361. The third-order valence-corrected chi connectivity index (χ3v) is 11.8. The molecule has 5 heteroatoms. The van der Waals surface area contributed by atoms with E-state index in [0.717, 1.165) is 56.8 Å². The molecule has 0 aliphatic rings. The van der Waals surface area contributed by atoms with Gasteiger partial charge in [0.15, 0.2) is 0 Å². The number of phenols is 1. The van der Waals surface area contributed by atoms with Crippen molar-refractivity contribution in [3.63, 3.8) is 0 Å². The lowest BCUT2D eigenvalue weighted by molar-refractivity contribution is 0.446. The van der Waals surface area contributed by atoms with Gasteiger partial charge in [-0.25, -0.2) is 4.98 Å². The quantitative estimate of drug-likeness (QED) is 0.183. The molecule has 260 valence electrons. The zero-order valence-corrected chi connectivity index (χ0v) is 33.8. The monoisotopic (exact) mass is 673 g/mol. The highest BCUT2D eigenvalue weighted by Crippen LogP contribution is 2.43. The predicted octanol–water partition coefficient (Wildman–Crippen LogP) is 11.3. The van der Waals surface area contributed by atoms with Gasteiger partial charge in [0.25, 0.3) is 0 Å². The molecule has 0 bridgehead atoms. The summed E-state index contributed by atoms with van der Waals surface area (Å²) in [5, 5.41) is 13.3. The van der Waals surface area contributed by atoms with Gasteiger partial charge in [-0.15, -0.1) is 0 Å². The molecule has 0 radical (unpaired) electrons. The first-order valence-electron chi connectivity index (χ1n) is 18.0. The number of phenolic OH excluding ortho intramolecular Hbond substituents is 1. The molecule has 0 fully saturated rings. The van der Waals surface area contributed by atoms with Crippen molar-refractivity contribution in [3.8, 4) is 39.5 Å². The van der Waals surface area contributed by atoms with Gasteiger partial charge < -0.3 is 9.67 Å². The second kappa shape index (κ2) is 12.6. The molecule has 3 aromatic carbocycles. The maximum absolute atomic E-state index is 11.9. The minimum absolute atomic E-state index is 0.0619. The Hall–Kier alpha value is -3.70. The summed E-state index contributed by atoms with van der Waals surface area (Å²) in [6.07, 6.45) is 2.98. The summed E-state index contributed by atoms with van der Waals surface area (Å²) < 4.78 is 2.20. The molecule has 0 saturated carbocycles. The Morgan fingerprint density at radius 2 is 1.35 bits per heavy atom. The summed E-state index contributed by atoms with van der Waals surface area (Å²) in [6.45, 7) is 31.8. The SMILES string of the molecule is CC(C)Cc1ccnc(-c2cc(-c3cc([Si](C)(C)C)cc4c3nc(-c3cc(C(C)(C)C)cc(C(C)(C)C)c3O)n4C)cc(C(C)(C)C)c2)c1. The van der Waals surface area contributed by atoms with Crippen LogP contribution in [0.15, 0.2) is 60.8 Å². The van der Waals surface area contributed by atoms with Gasteiger partial charge >= 0.3 is 0 Å². The standard InChI is InChI=1S/C44H59N3OSi/c1-27(2)18-28-16-17-45-37(19-28)30-20-29(21-31(22-30)42(3,4)5)34-25-33(49(13,14)15)26-38-39(34)46-41(47(38)12)35-23-32(43(6,7)8)24-36(40(35)48)44(9,10)11/h16-17,19-27,48H,18H2,1-15H3. The minimum atomic E-state index is -1.74. The minimum Gasteiger partial charge on any atom is -0.507 e. The Balaban J connectivity index is 1.85. The van der Waals surface area contributed by atoms with E-state index >= 15 is 0 Å². The van der Waals surface area contributed by atoms with E-state index in [4.69, 9.17) is 9.97 Å². The fourth-order valence-electron chi connectivity index (χ4n) is 6.59. The number of hydrogen-bond donors (Lipinski definition) is 1. The van der Waals surface area contributed by atoms with Crippen LogP contribution in [0.5, 0.6) is 5.75 Å². The van der Waals surface area contributed by atoms with Gasteiger partial charge in [0.05, 0.1) is 30.4 Å². The zero-order chi connectivity index (χ0) is 36.4. The van der Waals surface area contributed by atoms with E-state index in [2.05, 4.69) is 162 Å². The van der Waals surface area contributed by atoms with Crippen molar-refractivity contribution >= 4 is 24.3 Å². The Morgan fingerprint density at radius 1 is 0.735 bits per heavy atom. The first-order chi connectivity index (χ1) is 22.4. The van der Waals surface area contributed by atoms with Gasteiger partial charge in [-0.05, 0) is 87.2 Å². The third-order valence-electron chi connectivity index (χ3n) is 9.75. The molecule has 2 aromatic heterocycles. The van der Waals surface area contributed by atoms with Gasteiger partial charge in [0.1, 0.15) is 11.6 Å². The van der Waals surface area contributed by atoms with Crippen LogP contribution in [-0.4, -0.2) is 27.7 Å². The number of pyridine rings is 1. The number of fused-ring (bicyclic) bond motifs is 1. The molecule has 2 heterocycles. The molecule has 0 saturated heterocycles. The first-order valence-corrected chi connectivity index (χ1v) is 21.5. The highest BCUT2D eigenvalue weighted by atomic mass is 28.3. The van der Waals surface area contributed by atoms with Gasteiger partial charge in [-0.3, -0.25) is 4.98 Å². The molecule has 0 amide bonds. The van der Waals surface area contributed by atoms with Gasteiger partial charge in [0.2, 0.25) is 0 Å². The number of rotatable bonds is 6. The highest BCUT2D eigenvalue weighted by Gasteiger charge is 2.29. The van der Waals surface area contributed by atoms with Crippen LogP contribution in [0.4, 0.5) is 0 Å². The molecular formula is C44H59N3OSi. The highest BCUT2D eigenvalue weighted by molar-refractivity contribution is 6.88. The van der Waals surface area contributed by atoms with Crippen molar-refractivity contribution in [3.05, 3.63) is 83.0 Å². The molecule has 1 N–H and O–H groups in total. The molecule has 4 nitrogen and oxygen atoms in total. The maximum atomic E-state index is 11.9. The summed E-state index contributed by atoms with van der Waals surface area (Å²) in [6, 6.07) is 20.5. The molecule has 0 aliphatic heterocycles. The topological polar surface area (TPSA) is 50.9 Å². The van der Waals surface area contributed by atoms with Crippen LogP contribution in [0.1, 0.15) is 98.4 Å². The van der Waals surface area contributed by atoms with Gasteiger partial charge in [-0.1, -0.05) is 119 Å². The van der Waals surface area contributed by atoms with Crippen molar-refractivity contribution in [2.75, 3.05) is 0 Å². The lowest BCUT2D eigenvalue weighted by Crippen LogP contribution is -2.37. The summed E-state index contributed by atoms with van der Waals surface area (Å²) in [4.78, 5) is 10.3. The Morgan fingerprint density at radius 3 is 1.92 bits per heavy atom. The first kappa shape index (κ1) is 36.6. The number of hydrogen-bond acceptors (Lipinski definition) is 3. The maximum Gasteiger partial charge on any atom is 0.144 e. The van der Waals surface area contributed by atoms with Crippen molar-refractivity contribution in [1.82, 2.24) is 14.5 Å². The Bertz CT molecular complexity index is 2020. The fraction of sp³-hybridized carbons (Fsp3) is 0.455. The molecule has 5 aromatic rings. The fourth-order valence-corrected chi connectivity index (χ4v) is 7.73. The molecule has 0 aliphatic carbocycles. The number of aromatic hydroxyl groups is 1. The number of benzene rings is 3. The van der Waals surface area contributed by atoms with E-state index in [0.29, 0.717) is 11.7 Å². The second-order valence-corrected chi connectivity index (χ2v) is 23.8. The normalized spacial score (nSPS) is 13.1. The number of imidazole rings is 1. The van der Waals surface area contributed by atoms with Crippen LogP contribution < -0.4 is 5.19 Å². The molecule has 0 unspecified atom stereocenters. The average molecular weight is 674 g/mol. The molecule has 0 spiro atoms. The smallest absolute Gasteiger partial charge is 0.144 e. The second-order valence-electron chi connectivity index (χ2n) is 18.8. The lowest BCUT2D eigenvalue weighted by Gasteiger charge is -2.27. The Labute approximate surface area is 297 Å². The van der Waals surface area contributed by atoms with E-state index in [1.165, 1.54) is 21.9 Å². The average Bonchev–Trinajstić information content (AvgIpc) is 3.30. The van der Waals surface area contributed by atoms with E-state index in [1.807, 2.05) is 6.20 Å². The van der Waals surface area contributed by atoms with E-state index in [1.54, 1.807) is 0 Å². The lowest BCUT2D eigenvalue weighted by atomic mass is 9.79. The van der Waals surface area contributed by atoms with E-state index < -0.39 is 8.07 Å². The van der Waals surface area contributed by atoms with Crippen LogP contribution in [0.3, 0.4) is 0 Å². The third kappa shape index (κ3) is 7.57. The number of aryl methyl sites for hydroxylation is 1. The molecule has 5 rings (SSSR count). The van der Waals surface area contributed by atoms with Crippen molar-refractivity contribution in [2.45, 2.75) is 118 Å². The van der Waals surface area contributed by atoms with E-state index in [-0.39, 0.29) is 16.2 Å². The van der Waals surface area contributed by atoms with Gasteiger partial charge in [-0.2, -0.15) is 0 Å².